The molecule has 0 amide bonds. The molecule has 1 atom stereocenters. The fourth-order valence-corrected chi connectivity index (χ4v) is 4.51. The monoisotopic (exact) mass is 526 g/mol. The number of unbranched alkanes of at least 4 members (excludes halogenated alkanes) is 1. The lowest BCUT2D eigenvalue weighted by atomic mass is 9.94. The van der Waals surface area contributed by atoms with E-state index in [1.165, 1.54) is 0 Å². The van der Waals surface area contributed by atoms with Crippen LogP contribution in [0.25, 0.3) is 11.0 Å². The molecule has 0 fully saturated rings. The average Bonchev–Trinajstić information content (AvgIpc) is 3.06. The Morgan fingerprint density at radius 1 is 1.22 bits per heavy atom. The van der Waals surface area contributed by atoms with Gasteiger partial charge in [0.25, 0.3) is 0 Å². The van der Waals surface area contributed by atoms with Gasteiger partial charge in [-0.05, 0) is 48.9 Å². The molecule has 0 aliphatic carbocycles. The van der Waals surface area contributed by atoms with Crippen molar-refractivity contribution in [2.24, 2.45) is 13.0 Å². The third kappa shape index (κ3) is 7.29. The summed E-state index contributed by atoms with van der Waals surface area (Å²) in [6, 6.07) is 8.35. The molecule has 3 aromatic rings. The molecule has 6 nitrogen and oxygen atoms in total. The highest BCUT2D eigenvalue weighted by molar-refractivity contribution is 6.30. The number of alkyl halides is 3. The highest BCUT2D eigenvalue weighted by Gasteiger charge is 2.33. The number of ketones is 1. The van der Waals surface area contributed by atoms with Crippen molar-refractivity contribution < 1.29 is 32.9 Å². The number of fused-ring (bicyclic) bond motifs is 1. The Hall–Kier alpha value is -2.46. The van der Waals surface area contributed by atoms with Crippen molar-refractivity contribution in [3.05, 3.63) is 63.9 Å². The van der Waals surface area contributed by atoms with Crippen LogP contribution in [-0.4, -0.2) is 38.4 Å². The van der Waals surface area contributed by atoms with Crippen LogP contribution in [0, 0.1) is 5.92 Å². The van der Waals surface area contributed by atoms with Crippen molar-refractivity contribution >= 4 is 28.4 Å². The third-order valence-electron chi connectivity index (χ3n) is 6.01. The van der Waals surface area contributed by atoms with Gasteiger partial charge in [-0.25, -0.2) is 4.98 Å². The van der Waals surface area contributed by atoms with Crippen molar-refractivity contribution in [2.45, 2.75) is 58.1 Å². The molecule has 0 aliphatic rings. The second-order valence-electron chi connectivity index (χ2n) is 9.06. The van der Waals surface area contributed by atoms with Crippen molar-refractivity contribution in [3.63, 3.8) is 0 Å². The van der Waals surface area contributed by atoms with E-state index >= 15 is 0 Å². The van der Waals surface area contributed by atoms with Crippen molar-refractivity contribution in [1.29, 1.82) is 0 Å². The molecule has 0 bridgehead atoms. The van der Waals surface area contributed by atoms with Gasteiger partial charge in [0.05, 0.1) is 12.2 Å². The molecule has 10 heteroatoms. The van der Waals surface area contributed by atoms with Crippen LogP contribution in [0.4, 0.5) is 13.2 Å². The highest BCUT2D eigenvalue weighted by atomic mass is 35.5. The fraction of sp³-hybridized carbons (Fsp3) is 0.462. The number of benzene rings is 1. The van der Waals surface area contributed by atoms with E-state index in [0.29, 0.717) is 48.8 Å². The minimum atomic E-state index is -4.59. The zero-order chi connectivity index (χ0) is 26.5. The van der Waals surface area contributed by atoms with Crippen LogP contribution in [0.2, 0.25) is 5.02 Å². The Labute approximate surface area is 212 Å². The molecular weight excluding hydrogens is 497 g/mol. The molecule has 2 aromatic heterocycles. The van der Waals surface area contributed by atoms with Gasteiger partial charge >= 0.3 is 6.18 Å². The van der Waals surface area contributed by atoms with E-state index in [1.54, 1.807) is 24.6 Å². The molecule has 0 spiro atoms. The molecule has 0 aliphatic heterocycles. The lowest BCUT2D eigenvalue weighted by Gasteiger charge is -2.13. The number of aliphatic hydroxyl groups is 2. The Kier molecular flexibility index (Phi) is 9.52. The van der Waals surface area contributed by atoms with E-state index in [2.05, 4.69) is 4.98 Å². The van der Waals surface area contributed by atoms with Gasteiger partial charge in [0.15, 0.2) is 12.1 Å². The quantitative estimate of drug-likeness (QED) is 0.180. The topological polar surface area (TPSA) is 84.6 Å². The number of hydrogen-bond donors (Lipinski definition) is 2. The first kappa shape index (κ1) is 28.1. The summed E-state index contributed by atoms with van der Waals surface area (Å²) in [5, 5.41) is 19.2. The van der Waals surface area contributed by atoms with Gasteiger partial charge in [0, 0.05) is 54.4 Å². The molecular formula is C26H30ClF3N2O4. The van der Waals surface area contributed by atoms with Crippen LogP contribution in [-0.2, 0) is 31.0 Å². The molecule has 0 saturated carbocycles. The predicted molar refractivity (Wildman–Crippen MR) is 131 cm³/mol. The number of carbonyl (C=O) groups is 1. The maximum absolute atomic E-state index is 13.4. The standard InChI is InChI=1S/C26H30ClF3N2O4/c1-16(11-23(34)35)10-22(33)24-20-13-18(26(28,29)30)14-31-25(20)32(2)21(24)8-3-4-9-36-15-17-6-5-7-19(27)12-17/h5-7,12-14,16,23,34-35H,3-4,8-11,15H2,1-2H3/t16-/m0/s1. The minimum Gasteiger partial charge on any atom is -0.377 e. The highest BCUT2D eigenvalue weighted by Crippen LogP contribution is 2.34. The van der Waals surface area contributed by atoms with E-state index in [4.69, 9.17) is 16.3 Å². The van der Waals surface area contributed by atoms with Crippen LogP contribution in [0.3, 0.4) is 0 Å². The van der Waals surface area contributed by atoms with Gasteiger partial charge in [-0.2, -0.15) is 13.2 Å². The first-order chi connectivity index (χ1) is 17.0. The van der Waals surface area contributed by atoms with Gasteiger partial charge in [-0.1, -0.05) is 30.7 Å². The van der Waals surface area contributed by atoms with E-state index in [-0.39, 0.29) is 35.5 Å². The number of aromatic nitrogens is 2. The number of aliphatic hydroxyl groups excluding tert-OH is 1. The zero-order valence-corrected chi connectivity index (χ0v) is 20.9. The van der Waals surface area contributed by atoms with E-state index < -0.39 is 18.0 Å². The Morgan fingerprint density at radius 2 is 1.97 bits per heavy atom. The number of halogens is 4. The number of rotatable bonds is 12. The molecule has 0 unspecified atom stereocenters. The third-order valence-corrected chi connectivity index (χ3v) is 6.25. The maximum Gasteiger partial charge on any atom is 0.417 e. The number of ether oxygens (including phenoxy) is 1. The molecule has 0 saturated heterocycles. The summed E-state index contributed by atoms with van der Waals surface area (Å²) in [5.74, 6) is -0.707. The van der Waals surface area contributed by atoms with Crippen LogP contribution in [0.1, 0.15) is 59.8 Å². The number of aryl methyl sites for hydroxylation is 1. The van der Waals surface area contributed by atoms with E-state index in [1.807, 2.05) is 18.2 Å². The zero-order valence-electron chi connectivity index (χ0n) is 20.2. The predicted octanol–water partition coefficient (Wildman–Crippen LogP) is 5.69. The number of Topliss-reactive ketones (excluding diaryl/α,β-unsaturated/α-hetero) is 1. The maximum atomic E-state index is 13.4. The molecule has 2 N–H and O–H groups in total. The summed E-state index contributed by atoms with van der Waals surface area (Å²) in [6.07, 6.45) is -3.63. The summed E-state index contributed by atoms with van der Waals surface area (Å²) in [7, 11) is 1.69. The van der Waals surface area contributed by atoms with Crippen LogP contribution >= 0.6 is 11.6 Å². The van der Waals surface area contributed by atoms with Gasteiger partial charge in [0.2, 0.25) is 0 Å². The lowest BCUT2D eigenvalue weighted by molar-refractivity contribution is -0.137. The fourth-order valence-electron chi connectivity index (χ4n) is 4.29. The van der Waals surface area contributed by atoms with Gasteiger partial charge < -0.3 is 19.5 Å². The first-order valence-corrected chi connectivity index (χ1v) is 12.1. The molecule has 1 aromatic carbocycles. The van der Waals surface area contributed by atoms with Crippen molar-refractivity contribution in [2.75, 3.05) is 6.61 Å². The number of hydrogen-bond acceptors (Lipinski definition) is 5. The molecule has 0 radical (unpaired) electrons. The van der Waals surface area contributed by atoms with Crippen LogP contribution < -0.4 is 0 Å². The molecule has 3 rings (SSSR count). The van der Waals surface area contributed by atoms with Gasteiger partial charge in [-0.3, -0.25) is 4.79 Å². The summed E-state index contributed by atoms with van der Waals surface area (Å²) >= 11 is 5.98. The van der Waals surface area contributed by atoms with E-state index in [9.17, 15) is 28.2 Å². The second kappa shape index (κ2) is 12.2. The van der Waals surface area contributed by atoms with E-state index in [0.717, 1.165) is 17.8 Å². The summed E-state index contributed by atoms with van der Waals surface area (Å²) in [6.45, 7) is 2.58. The Bertz CT molecular complexity index is 1190. The largest absolute Gasteiger partial charge is 0.417 e. The Morgan fingerprint density at radius 3 is 2.64 bits per heavy atom. The molecule has 2 heterocycles. The van der Waals surface area contributed by atoms with Crippen LogP contribution in [0.5, 0.6) is 0 Å². The summed E-state index contributed by atoms with van der Waals surface area (Å²) < 4.78 is 47.5. The van der Waals surface area contributed by atoms with Gasteiger partial charge in [-0.15, -0.1) is 0 Å². The SMILES string of the molecule is C[C@@H](CC(=O)c1c(CCCCOCc2cccc(Cl)c2)n(C)c2ncc(C(F)(F)F)cc12)CC(O)O. The number of carbonyl (C=O) groups excluding carboxylic acids is 1. The smallest absolute Gasteiger partial charge is 0.377 e. The van der Waals surface area contributed by atoms with Gasteiger partial charge in [0.1, 0.15) is 5.65 Å². The second-order valence-corrected chi connectivity index (χ2v) is 9.50. The normalized spacial score (nSPS) is 13.0. The average molecular weight is 527 g/mol. The number of pyridine rings is 1. The van der Waals surface area contributed by atoms with Crippen molar-refractivity contribution in [3.8, 4) is 0 Å². The summed E-state index contributed by atoms with van der Waals surface area (Å²) in [5.41, 5.74) is 1.15. The summed E-state index contributed by atoms with van der Waals surface area (Å²) in [4.78, 5) is 17.3. The Balaban J connectivity index is 1.77. The first-order valence-electron chi connectivity index (χ1n) is 11.7. The number of nitrogens with zero attached hydrogens (tertiary/aromatic N) is 2. The minimum absolute atomic E-state index is 0.0120. The van der Waals surface area contributed by atoms with Crippen molar-refractivity contribution in [1.82, 2.24) is 9.55 Å². The lowest BCUT2D eigenvalue weighted by Crippen LogP contribution is -2.15. The van der Waals surface area contributed by atoms with Crippen LogP contribution in [0.15, 0.2) is 36.5 Å². The molecule has 196 valence electrons. The molecule has 36 heavy (non-hydrogen) atoms.